The molecule has 1 saturated carbocycles. The molecule has 0 aliphatic heterocycles. The summed E-state index contributed by atoms with van der Waals surface area (Å²) in [5, 5.41) is 9.31. The van der Waals surface area contributed by atoms with Crippen LogP contribution in [0.3, 0.4) is 0 Å². The molecule has 1 aliphatic carbocycles. The van der Waals surface area contributed by atoms with Gasteiger partial charge in [0.2, 0.25) is 0 Å². The van der Waals surface area contributed by atoms with Crippen molar-refractivity contribution < 1.29 is 9.90 Å². The monoisotopic (exact) mass is 184 g/mol. The van der Waals surface area contributed by atoms with Crippen LogP contribution in [-0.2, 0) is 4.79 Å². The summed E-state index contributed by atoms with van der Waals surface area (Å²) < 4.78 is 0. The minimum atomic E-state index is -0.349. The molecule has 13 heavy (non-hydrogen) atoms. The number of rotatable bonds is 3. The first-order chi connectivity index (χ1) is 6.08. The van der Waals surface area contributed by atoms with Gasteiger partial charge in [0, 0.05) is 5.41 Å². The van der Waals surface area contributed by atoms with Crippen LogP contribution in [0.25, 0.3) is 0 Å². The standard InChI is InChI=1S/C11H20O2/c1-9-3-5-11(8-12,6-4-9)7-10(2)13/h8-10,13H,3-7H2,1-2H3. The van der Waals surface area contributed by atoms with Crippen molar-refractivity contribution in [2.75, 3.05) is 0 Å². The van der Waals surface area contributed by atoms with Gasteiger partial charge in [-0.2, -0.15) is 0 Å². The van der Waals surface area contributed by atoms with Crippen LogP contribution >= 0.6 is 0 Å². The average Bonchev–Trinajstić information content (AvgIpc) is 2.09. The zero-order chi connectivity index (χ0) is 9.90. The molecule has 1 atom stereocenters. The minimum absolute atomic E-state index is 0.208. The summed E-state index contributed by atoms with van der Waals surface area (Å²) in [5.74, 6) is 0.752. The zero-order valence-electron chi connectivity index (χ0n) is 8.62. The summed E-state index contributed by atoms with van der Waals surface area (Å²) in [4.78, 5) is 11.0. The molecule has 0 aromatic heterocycles. The lowest BCUT2D eigenvalue weighted by atomic mass is 9.69. The maximum atomic E-state index is 11.0. The van der Waals surface area contributed by atoms with Crippen LogP contribution in [-0.4, -0.2) is 17.5 Å². The number of hydrogen-bond donors (Lipinski definition) is 1. The third-order valence-corrected chi connectivity index (χ3v) is 3.22. The molecule has 1 aliphatic rings. The lowest BCUT2D eigenvalue weighted by Gasteiger charge is -2.35. The molecular formula is C11H20O2. The van der Waals surface area contributed by atoms with Crippen LogP contribution in [0.5, 0.6) is 0 Å². The number of aldehydes is 1. The van der Waals surface area contributed by atoms with E-state index in [1.165, 1.54) is 0 Å². The summed E-state index contributed by atoms with van der Waals surface area (Å²) in [6, 6.07) is 0. The molecule has 0 spiro atoms. The van der Waals surface area contributed by atoms with Gasteiger partial charge in [0.05, 0.1) is 6.10 Å². The van der Waals surface area contributed by atoms with Crippen molar-refractivity contribution in [2.45, 2.75) is 52.1 Å². The quantitative estimate of drug-likeness (QED) is 0.682. The maximum Gasteiger partial charge on any atom is 0.126 e. The Morgan fingerprint density at radius 3 is 2.46 bits per heavy atom. The van der Waals surface area contributed by atoms with E-state index in [2.05, 4.69) is 6.92 Å². The number of carbonyl (C=O) groups excluding carboxylic acids is 1. The second kappa shape index (κ2) is 4.23. The Kier molecular flexibility index (Phi) is 3.48. The molecule has 2 heteroatoms. The Morgan fingerprint density at radius 1 is 1.54 bits per heavy atom. The number of carbonyl (C=O) groups is 1. The van der Waals surface area contributed by atoms with Crippen LogP contribution < -0.4 is 0 Å². The third-order valence-electron chi connectivity index (χ3n) is 3.22. The molecule has 1 N–H and O–H groups in total. The molecule has 0 amide bonds. The highest BCUT2D eigenvalue weighted by atomic mass is 16.3. The lowest BCUT2D eigenvalue weighted by molar-refractivity contribution is -0.120. The van der Waals surface area contributed by atoms with Gasteiger partial charge in [0.1, 0.15) is 6.29 Å². The fourth-order valence-corrected chi connectivity index (χ4v) is 2.30. The molecule has 2 nitrogen and oxygen atoms in total. The van der Waals surface area contributed by atoms with Gasteiger partial charge in [-0.3, -0.25) is 0 Å². The topological polar surface area (TPSA) is 37.3 Å². The average molecular weight is 184 g/mol. The predicted molar refractivity (Wildman–Crippen MR) is 52.4 cm³/mol. The van der Waals surface area contributed by atoms with E-state index < -0.39 is 0 Å². The Morgan fingerprint density at radius 2 is 2.08 bits per heavy atom. The van der Waals surface area contributed by atoms with Crippen molar-refractivity contribution in [2.24, 2.45) is 11.3 Å². The van der Waals surface area contributed by atoms with E-state index in [0.717, 1.165) is 37.9 Å². The van der Waals surface area contributed by atoms with Crippen LogP contribution in [0.4, 0.5) is 0 Å². The highest BCUT2D eigenvalue weighted by molar-refractivity contribution is 5.59. The summed E-state index contributed by atoms with van der Waals surface area (Å²) in [7, 11) is 0. The predicted octanol–water partition coefficient (Wildman–Crippen LogP) is 2.15. The van der Waals surface area contributed by atoms with E-state index in [4.69, 9.17) is 0 Å². The van der Waals surface area contributed by atoms with Crippen molar-refractivity contribution >= 4 is 6.29 Å². The minimum Gasteiger partial charge on any atom is -0.393 e. The third kappa shape index (κ3) is 2.80. The summed E-state index contributed by atoms with van der Waals surface area (Å²) in [5.41, 5.74) is -0.208. The first-order valence-electron chi connectivity index (χ1n) is 5.22. The second-order valence-electron chi connectivity index (χ2n) is 4.72. The van der Waals surface area contributed by atoms with Gasteiger partial charge in [-0.1, -0.05) is 6.92 Å². The maximum absolute atomic E-state index is 11.0. The van der Waals surface area contributed by atoms with Crippen molar-refractivity contribution in [3.63, 3.8) is 0 Å². The smallest absolute Gasteiger partial charge is 0.126 e. The Hall–Kier alpha value is -0.370. The molecular weight excluding hydrogens is 164 g/mol. The van der Waals surface area contributed by atoms with Crippen molar-refractivity contribution in [3.8, 4) is 0 Å². The molecule has 1 unspecified atom stereocenters. The molecule has 0 aromatic carbocycles. The number of aliphatic hydroxyl groups is 1. The van der Waals surface area contributed by atoms with Crippen LogP contribution in [0.1, 0.15) is 46.0 Å². The number of aliphatic hydroxyl groups excluding tert-OH is 1. The molecule has 0 bridgehead atoms. The molecule has 76 valence electrons. The molecule has 1 rings (SSSR count). The fraction of sp³-hybridized carbons (Fsp3) is 0.909. The normalized spacial score (nSPS) is 37.0. The first kappa shape index (κ1) is 10.7. The summed E-state index contributed by atoms with van der Waals surface area (Å²) in [6.07, 6.45) is 5.55. The second-order valence-corrected chi connectivity index (χ2v) is 4.72. The highest BCUT2D eigenvalue weighted by Gasteiger charge is 2.34. The van der Waals surface area contributed by atoms with Gasteiger partial charge in [-0.15, -0.1) is 0 Å². The van der Waals surface area contributed by atoms with Crippen LogP contribution in [0.2, 0.25) is 0 Å². The molecule has 0 heterocycles. The van der Waals surface area contributed by atoms with Crippen molar-refractivity contribution in [1.29, 1.82) is 0 Å². The molecule has 0 radical (unpaired) electrons. The van der Waals surface area contributed by atoms with E-state index in [-0.39, 0.29) is 11.5 Å². The van der Waals surface area contributed by atoms with E-state index >= 15 is 0 Å². The van der Waals surface area contributed by atoms with Gasteiger partial charge in [-0.25, -0.2) is 0 Å². The van der Waals surface area contributed by atoms with Gasteiger partial charge in [-0.05, 0) is 44.9 Å². The zero-order valence-corrected chi connectivity index (χ0v) is 8.62. The Labute approximate surface area is 80.3 Å². The number of hydrogen-bond acceptors (Lipinski definition) is 2. The van der Waals surface area contributed by atoms with Gasteiger partial charge in [0.15, 0.2) is 0 Å². The van der Waals surface area contributed by atoms with Crippen LogP contribution in [0, 0.1) is 11.3 Å². The van der Waals surface area contributed by atoms with E-state index in [9.17, 15) is 9.90 Å². The van der Waals surface area contributed by atoms with Gasteiger partial charge < -0.3 is 9.90 Å². The first-order valence-corrected chi connectivity index (χ1v) is 5.22. The largest absolute Gasteiger partial charge is 0.393 e. The SMILES string of the molecule is CC(O)CC1(C=O)CCC(C)CC1. The Bertz CT molecular complexity index is 167. The van der Waals surface area contributed by atoms with E-state index in [1.54, 1.807) is 6.92 Å². The van der Waals surface area contributed by atoms with Gasteiger partial charge >= 0.3 is 0 Å². The van der Waals surface area contributed by atoms with Crippen LogP contribution in [0.15, 0.2) is 0 Å². The fourth-order valence-electron chi connectivity index (χ4n) is 2.30. The van der Waals surface area contributed by atoms with Crippen molar-refractivity contribution in [1.82, 2.24) is 0 Å². The molecule has 0 aromatic rings. The van der Waals surface area contributed by atoms with Gasteiger partial charge in [0.25, 0.3) is 0 Å². The summed E-state index contributed by atoms with van der Waals surface area (Å²) >= 11 is 0. The molecule has 1 fully saturated rings. The Balaban J connectivity index is 2.55. The van der Waals surface area contributed by atoms with E-state index in [1.807, 2.05) is 0 Å². The van der Waals surface area contributed by atoms with Crippen molar-refractivity contribution in [3.05, 3.63) is 0 Å². The van der Waals surface area contributed by atoms with E-state index in [0.29, 0.717) is 6.42 Å². The summed E-state index contributed by atoms with van der Waals surface area (Å²) in [6.45, 7) is 4.00. The highest BCUT2D eigenvalue weighted by Crippen LogP contribution is 2.40. The molecule has 0 saturated heterocycles. The lowest BCUT2D eigenvalue weighted by Crippen LogP contribution is -2.31.